The van der Waals surface area contributed by atoms with E-state index in [1.807, 2.05) is 0 Å². The van der Waals surface area contributed by atoms with E-state index in [0.717, 1.165) is 103 Å². The second-order valence-electron chi connectivity index (χ2n) is 17.4. The Bertz CT molecular complexity index is 1230. The first kappa shape index (κ1) is 60.8. The van der Waals surface area contributed by atoms with Crippen LogP contribution in [0, 0.1) is 0 Å². The summed E-state index contributed by atoms with van der Waals surface area (Å²) in [6.07, 6.45) is 72.8. The molecule has 0 aromatic rings. The molecule has 0 amide bonds. The van der Waals surface area contributed by atoms with Gasteiger partial charge in [0.2, 0.25) is 0 Å². The maximum Gasteiger partial charge on any atom is 0.306 e. The minimum absolute atomic E-state index is 0.0565. The molecule has 5 nitrogen and oxygen atoms in total. The lowest BCUT2D eigenvalue weighted by Gasteiger charge is -2.18. The molecular formula is C59H100O5. The summed E-state index contributed by atoms with van der Waals surface area (Å²) in [6, 6.07) is 0. The molecule has 0 aliphatic carbocycles. The molecule has 0 saturated carbocycles. The van der Waals surface area contributed by atoms with E-state index in [1.54, 1.807) is 0 Å². The standard InChI is InChI=1S/C59H100O5/c1-4-7-10-13-16-19-22-25-28-30-32-34-37-40-43-46-49-52-58(60)63-56-57(55-62-54-51-48-45-42-39-36-33-29-26-23-20-17-14-11-8-5-2)64-59(61)53-50-47-44-41-38-35-31-27-24-21-18-15-12-9-6-3/h8-9,11-12,17-18,20-21,25-29,31,38,41,57H,4-7,10,13-16,19,22-24,30,32-37,39-40,42-56H2,1-3H3/b11-8-,12-9-,20-17-,21-18-,28-25-,29-26-,31-27-,41-38-. The van der Waals surface area contributed by atoms with Gasteiger partial charge in [0.1, 0.15) is 6.61 Å². The van der Waals surface area contributed by atoms with Crippen LogP contribution in [-0.2, 0) is 23.8 Å². The fourth-order valence-corrected chi connectivity index (χ4v) is 7.16. The molecule has 0 rings (SSSR count). The Hall–Kier alpha value is -3.18. The van der Waals surface area contributed by atoms with E-state index in [4.69, 9.17) is 14.2 Å². The van der Waals surface area contributed by atoms with E-state index < -0.39 is 6.10 Å². The van der Waals surface area contributed by atoms with E-state index in [1.165, 1.54) is 103 Å². The quantitative estimate of drug-likeness (QED) is 0.0346. The van der Waals surface area contributed by atoms with Crippen molar-refractivity contribution in [1.82, 2.24) is 0 Å². The number of hydrogen-bond acceptors (Lipinski definition) is 5. The lowest BCUT2D eigenvalue weighted by molar-refractivity contribution is -0.163. The fraction of sp³-hybridized carbons (Fsp3) is 0.695. The van der Waals surface area contributed by atoms with Crippen molar-refractivity contribution < 1.29 is 23.8 Å². The van der Waals surface area contributed by atoms with Crippen LogP contribution < -0.4 is 0 Å². The predicted octanol–water partition coefficient (Wildman–Crippen LogP) is 18.2. The molecule has 0 bridgehead atoms. The van der Waals surface area contributed by atoms with E-state index >= 15 is 0 Å². The third-order valence-corrected chi connectivity index (χ3v) is 11.1. The highest BCUT2D eigenvalue weighted by Gasteiger charge is 2.17. The molecule has 0 aliphatic rings. The zero-order valence-electron chi connectivity index (χ0n) is 42.0. The summed E-state index contributed by atoms with van der Waals surface area (Å²) in [6.45, 7) is 7.53. The smallest absolute Gasteiger partial charge is 0.306 e. The average Bonchev–Trinajstić information content (AvgIpc) is 3.30. The molecule has 0 heterocycles. The van der Waals surface area contributed by atoms with Crippen molar-refractivity contribution in [3.63, 3.8) is 0 Å². The Morgan fingerprint density at radius 1 is 0.359 bits per heavy atom. The van der Waals surface area contributed by atoms with Gasteiger partial charge >= 0.3 is 11.9 Å². The lowest BCUT2D eigenvalue weighted by Crippen LogP contribution is -2.30. The number of ether oxygens (including phenoxy) is 3. The van der Waals surface area contributed by atoms with Crippen LogP contribution in [0.5, 0.6) is 0 Å². The first-order chi connectivity index (χ1) is 31.6. The van der Waals surface area contributed by atoms with E-state index in [0.29, 0.717) is 19.4 Å². The Labute approximate surface area is 396 Å². The first-order valence-electron chi connectivity index (χ1n) is 26.8. The van der Waals surface area contributed by atoms with Gasteiger partial charge in [0.15, 0.2) is 6.10 Å². The molecule has 0 aliphatic heterocycles. The Morgan fingerprint density at radius 2 is 0.703 bits per heavy atom. The number of esters is 2. The van der Waals surface area contributed by atoms with Crippen LogP contribution in [-0.4, -0.2) is 37.9 Å². The molecule has 5 heteroatoms. The summed E-state index contributed by atoms with van der Waals surface area (Å²) in [4.78, 5) is 25.4. The van der Waals surface area contributed by atoms with Crippen molar-refractivity contribution in [2.24, 2.45) is 0 Å². The molecule has 0 aromatic heterocycles. The molecule has 0 saturated heterocycles. The lowest BCUT2D eigenvalue weighted by atomic mass is 10.1. The highest BCUT2D eigenvalue weighted by atomic mass is 16.6. The van der Waals surface area contributed by atoms with Crippen molar-refractivity contribution in [3.05, 3.63) is 97.2 Å². The Balaban J connectivity index is 4.37. The summed E-state index contributed by atoms with van der Waals surface area (Å²) in [5, 5.41) is 0. The van der Waals surface area contributed by atoms with Crippen molar-refractivity contribution in [2.45, 2.75) is 245 Å². The zero-order valence-corrected chi connectivity index (χ0v) is 42.0. The maximum absolute atomic E-state index is 12.8. The maximum atomic E-state index is 12.8. The third-order valence-electron chi connectivity index (χ3n) is 11.1. The van der Waals surface area contributed by atoms with E-state index in [9.17, 15) is 9.59 Å². The number of carbonyl (C=O) groups is 2. The van der Waals surface area contributed by atoms with Gasteiger partial charge < -0.3 is 14.2 Å². The molecule has 1 unspecified atom stereocenters. The van der Waals surface area contributed by atoms with Crippen molar-refractivity contribution in [1.29, 1.82) is 0 Å². The van der Waals surface area contributed by atoms with Gasteiger partial charge in [-0.2, -0.15) is 0 Å². The number of allylic oxidation sites excluding steroid dienone is 16. The summed E-state index contributed by atoms with van der Waals surface area (Å²) in [7, 11) is 0. The Kier molecular flexibility index (Phi) is 51.5. The van der Waals surface area contributed by atoms with Crippen molar-refractivity contribution in [2.75, 3.05) is 19.8 Å². The van der Waals surface area contributed by atoms with Gasteiger partial charge in [-0.25, -0.2) is 0 Å². The van der Waals surface area contributed by atoms with Crippen molar-refractivity contribution in [3.8, 4) is 0 Å². The largest absolute Gasteiger partial charge is 0.462 e. The molecule has 366 valence electrons. The number of carbonyl (C=O) groups excluding carboxylic acids is 2. The van der Waals surface area contributed by atoms with Crippen LogP contribution in [0.2, 0.25) is 0 Å². The summed E-state index contributed by atoms with van der Waals surface area (Å²) >= 11 is 0. The number of hydrogen-bond donors (Lipinski definition) is 0. The minimum atomic E-state index is -0.572. The van der Waals surface area contributed by atoms with Crippen LogP contribution in [0.1, 0.15) is 239 Å². The van der Waals surface area contributed by atoms with Crippen molar-refractivity contribution >= 4 is 11.9 Å². The second-order valence-corrected chi connectivity index (χ2v) is 17.4. The van der Waals surface area contributed by atoms with Crippen LogP contribution in [0.4, 0.5) is 0 Å². The molecular weight excluding hydrogens is 789 g/mol. The van der Waals surface area contributed by atoms with Gasteiger partial charge in [-0.1, -0.05) is 208 Å². The molecule has 0 N–H and O–H groups in total. The molecule has 1 atom stereocenters. The van der Waals surface area contributed by atoms with Gasteiger partial charge in [-0.3, -0.25) is 9.59 Å². The summed E-state index contributed by atoms with van der Waals surface area (Å²) in [5.74, 6) is -0.459. The van der Waals surface area contributed by atoms with Crippen LogP contribution in [0.3, 0.4) is 0 Å². The Morgan fingerprint density at radius 3 is 1.17 bits per heavy atom. The van der Waals surface area contributed by atoms with Crippen LogP contribution in [0.25, 0.3) is 0 Å². The fourth-order valence-electron chi connectivity index (χ4n) is 7.16. The molecule has 0 spiro atoms. The average molecular weight is 889 g/mol. The summed E-state index contributed by atoms with van der Waals surface area (Å²) < 4.78 is 17.4. The topological polar surface area (TPSA) is 61.8 Å². The van der Waals surface area contributed by atoms with Gasteiger partial charge in [0.25, 0.3) is 0 Å². The van der Waals surface area contributed by atoms with E-state index in [-0.39, 0.29) is 25.2 Å². The van der Waals surface area contributed by atoms with Gasteiger partial charge in [-0.15, -0.1) is 0 Å². The normalized spacial score (nSPS) is 13.0. The first-order valence-corrected chi connectivity index (χ1v) is 26.8. The molecule has 0 fully saturated rings. The minimum Gasteiger partial charge on any atom is -0.462 e. The predicted molar refractivity (Wildman–Crippen MR) is 279 cm³/mol. The highest BCUT2D eigenvalue weighted by Crippen LogP contribution is 2.13. The highest BCUT2D eigenvalue weighted by molar-refractivity contribution is 5.70. The van der Waals surface area contributed by atoms with Gasteiger partial charge in [-0.05, 0) is 116 Å². The number of rotatable bonds is 48. The zero-order chi connectivity index (χ0) is 46.3. The number of unbranched alkanes of at least 4 members (excludes halogenated alkanes) is 21. The van der Waals surface area contributed by atoms with E-state index in [2.05, 4.69) is 118 Å². The third kappa shape index (κ3) is 51.5. The second kappa shape index (κ2) is 54.2. The molecule has 0 aromatic carbocycles. The van der Waals surface area contributed by atoms with Crippen LogP contribution >= 0.6 is 0 Å². The van der Waals surface area contributed by atoms with Gasteiger partial charge in [0, 0.05) is 19.4 Å². The van der Waals surface area contributed by atoms with Gasteiger partial charge in [0.05, 0.1) is 6.61 Å². The SMILES string of the molecule is CC/C=C\C/C=C\C/C=C\C/C=C\CCCCC(=O)OC(COCCCCCCCC/C=C\C/C=C\C/C=C\CC)COC(=O)CCCCCCCCC/C=C\CCCCCCCC. The monoisotopic (exact) mass is 889 g/mol. The molecule has 64 heavy (non-hydrogen) atoms. The summed E-state index contributed by atoms with van der Waals surface area (Å²) in [5.41, 5.74) is 0. The molecule has 0 radical (unpaired) electrons. The van der Waals surface area contributed by atoms with Crippen LogP contribution in [0.15, 0.2) is 97.2 Å².